The Morgan fingerprint density at radius 2 is 2.07 bits per heavy atom. The maximum Gasteiger partial charge on any atom is 0.331 e. The minimum atomic E-state index is -1.18. The van der Waals surface area contributed by atoms with Gasteiger partial charge < -0.3 is 9.47 Å². The van der Waals surface area contributed by atoms with Crippen molar-refractivity contribution in [3.8, 4) is 10.4 Å². The van der Waals surface area contributed by atoms with Crippen molar-refractivity contribution in [2.45, 2.75) is 46.1 Å². The summed E-state index contributed by atoms with van der Waals surface area (Å²) in [5, 5.41) is 2.58. The summed E-state index contributed by atoms with van der Waals surface area (Å²) in [6, 6.07) is 3.99. The first kappa shape index (κ1) is 21.7. The zero-order valence-corrected chi connectivity index (χ0v) is 19.0. The number of thiophene rings is 2. The van der Waals surface area contributed by atoms with Crippen LogP contribution in [0.4, 0.5) is 0 Å². The van der Waals surface area contributed by atoms with Crippen molar-refractivity contribution in [1.29, 1.82) is 0 Å². The number of hydrogen-bond acceptors (Lipinski definition) is 7. The zero-order chi connectivity index (χ0) is 21.2. The molecule has 0 aromatic carbocycles. The van der Waals surface area contributed by atoms with E-state index in [0.717, 1.165) is 21.7 Å². The number of esters is 1. The largest absolute Gasteiger partial charge is 0.464 e. The van der Waals surface area contributed by atoms with Crippen molar-refractivity contribution in [1.82, 2.24) is 9.55 Å². The van der Waals surface area contributed by atoms with E-state index in [4.69, 9.17) is 14.5 Å². The number of aromatic nitrogens is 2. The van der Waals surface area contributed by atoms with Gasteiger partial charge in [-0.1, -0.05) is 13.0 Å². The van der Waals surface area contributed by atoms with Crippen LogP contribution in [0, 0.1) is 0 Å². The SMILES string of the molecule is CCOC(=O)C(C)(C)n1c(CCOC)nc2sc(CC)c(-c3cccs3)c2c1=O. The molecule has 0 aliphatic rings. The van der Waals surface area contributed by atoms with Crippen LogP contribution in [0.25, 0.3) is 20.7 Å². The van der Waals surface area contributed by atoms with Crippen LogP contribution in [0.2, 0.25) is 0 Å². The summed E-state index contributed by atoms with van der Waals surface area (Å²) in [5.41, 5.74) is -0.455. The number of aryl methyl sites for hydroxylation is 1. The van der Waals surface area contributed by atoms with Gasteiger partial charge in [-0.05, 0) is 38.6 Å². The van der Waals surface area contributed by atoms with Gasteiger partial charge in [0.05, 0.1) is 18.6 Å². The summed E-state index contributed by atoms with van der Waals surface area (Å²) in [4.78, 5) is 34.2. The Kier molecular flexibility index (Phi) is 6.55. The Hall–Kier alpha value is -2.03. The van der Waals surface area contributed by atoms with Gasteiger partial charge in [-0.15, -0.1) is 22.7 Å². The molecule has 29 heavy (non-hydrogen) atoms. The van der Waals surface area contributed by atoms with Crippen molar-refractivity contribution in [2.75, 3.05) is 20.3 Å². The average molecular weight is 435 g/mol. The lowest BCUT2D eigenvalue weighted by atomic mass is 10.0. The van der Waals surface area contributed by atoms with E-state index < -0.39 is 11.5 Å². The summed E-state index contributed by atoms with van der Waals surface area (Å²) >= 11 is 3.15. The number of ether oxygens (including phenoxy) is 2. The van der Waals surface area contributed by atoms with E-state index in [-0.39, 0.29) is 12.2 Å². The molecule has 0 aliphatic heterocycles. The summed E-state index contributed by atoms with van der Waals surface area (Å²) in [6.45, 7) is 7.89. The van der Waals surface area contributed by atoms with Gasteiger partial charge in [0.2, 0.25) is 0 Å². The topological polar surface area (TPSA) is 70.4 Å². The third-order valence-electron chi connectivity index (χ3n) is 4.82. The number of methoxy groups -OCH3 is 1. The molecule has 0 N–H and O–H groups in total. The molecule has 3 aromatic heterocycles. The molecule has 0 amide bonds. The van der Waals surface area contributed by atoms with Crippen LogP contribution in [-0.4, -0.2) is 35.8 Å². The molecule has 156 valence electrons. The fourth-order valence-electron chi connectivity index (χ4n) is 3.41. The van der Waals surface area contributed by atoms with Crippen LogP contribution in [-0.2, 0) is 32.6 Å². The number of fused-ring (bicyclic) bond motifs is 1. The number of rotatable bonds is 8. The van der Waals surface area contributed by atoms with E-state index in [1.54, 1.807) is 50.6 Å². The van der Waals surface area contributed by atoms with Gasteiger partial charge in [0, 0.05) is 28.8 Å². The van der Waals surface area contributed by atoms with Crippen molar-refractivity contribution in [3.05, 3.63) is 38.6 Å². The van der Waals surface area contributed by atoms with Crippen LogP contribution in [0.5, 0.6) is 0 Å². The molecule has 0 saturated heterocycles. The molecular formula is C21H26N2O4S2. The molecule has 3 aromatic rings. The van der Waals surface area contributed by atoms with E-state index in [0.29, 0.717) is 29.1 Å². The van der Waals surface area contributed by atoms with Gasteiger partial charge in [0.15, 0.2) is 0 Å². The molecule has 0 spiro atoms. The summed E-state index contributed by atoms with van der Waals surface area (Å²) < 4.78 is 12.0. The van der Waals surface area contributed by atoms with E-state index in [1.165, 1.54) is 4.57 Å². The maximum atomic E-state index is 13.8. The van der Waals surface area contributed by atoms with Crippen molar-refractivity contribution < 1.29 is 14.3 Å². The second-order valence-electron chi connectivity index (χ2n) is 7.10. The van der Waals surface area contributed by atoms with Gasteiger partial charge >= 0.3 is 5.97 Å². The Morgan fingerprint density at radius 3 is 2.66 bits per heavy atom. The molecular weight excluding hydrogens is 408 g/mol. The minimum absolute atomic E-state index is 0.210. The van der Waals surface area contributed by atoms with Gasteiger partial charge in [0.25, 0.3) is 5.56 Å². The predicted octanol–water partition coefficient (Wildman–Crippen LogP) is 4.24. The first-order valence-corrected chi connectivity index (χ1v) is 11.3. The first-order valence-electron chi connectivity index (χ1n) is 9.64. The van der Waals surface area contributed by atoms with Crippen LogP contribution in [0.3, 0.4) is 0 Å². The van der Waals surface area contributed by atoms with Crippen LogP contribution in [0.15, 0.2) is 22.3 Å². The molecule has 0 aliphatic carbocycles. The number of hydrogen-bond donors (Lipinski definition) is 0. The smallest absolute Gasteiger partial charge is 0.331 e. The van der Waals surface area contributed by atoms with E-state index >= 15 is 0 Å². The normalized spacial score (nSPS) is 11.9. The quantitative estimate of drug-likeness (QED) is 0.496. The van der Waals surface area contributed by atoms with Crippen LogP contribution >= 0.6 is 22.7 Å². The Bertz CT molecular complexity index is 1060. The molecule has 3 heterocycles. The van der Waals surface area contributed by atoms with Crippen molar-refractivity contribution in [2.24, 2.45) is 0 Å². The highest BCUT2D eigenvalue weighted by atomic mass is 32.1. The molecule has 3 rings (SSSR count). The molecule has 0 atom stereocenters. The van der Waals surface area contributed by atoms with Crippen LogP contribution < -0.4 is 5.56 Å². The van der Waals surface area contributed by atoms with Crippen molar-refractivity contribution >= 4 is 38.9 Å². The molecule has 0 unspecified atom stereocenters. The fourth-order valence-corrected chi connectivity index (χ4v) is 5.41. The lowest BCUT2D eigenvalue weighted by Crippen LogP contribution is -2.46. The molecule has 8 heteroatoms. The number of nitrogens with zero attached hydrogens (tertiary/aromatic N) is 2. The summed E-state index contributed by atoms with van der Waals surface area (Å²) in [6.07, 6.45) is 1.24. The molecule has 0 saturated carbocycles. The number of carbonyl (C=O) groups excluding carboxylic acids is 1. The fraction of sp³-hybridized carbons (Fsp3) is 0.476. The minimum Gasteiger partial charge on any atom is -0.464 e. The lowest BCUT2D eigenvalue weighted by Gasteiger charge is -2.27. The highest BCUT2D eigenvalue weighted by Gasteiger charge is 2.36. The third-order valence-corrected chi connectivity index (χ3v) is 6.94. The second kappa shape index (κ2) is 8.77. The van der Waals surface area contributed by atoms with E-state index in [2.05, 4.69) is 6.92 Å². The third kappa shape index (κ3) is 3.89. The van der Waals surface area contributed by atoms with Crippen LogP contribution in [0.1, 0.15) is 38.4 Å². The zero-order valence-electron chi connectivity index (χ0n) is 17.4. The average Bonchev–Trinajstić information content (AvgIpc) is 3.33. The standard InChI is InChI=1S/C21H26N2O4S2/c1-6-13-16(14-9-8-12-28-14)17-18(29-13)22-15(10-11-26-5)23(19(17)24)21(3,4)20(25)27-7-2/h8-9,12H,6-7,10-11H2,1-5H3. The molecule has 6 nitrogen and oxygen atoms in total. The number of carbonyl (C=O) groups is 1. The Morgan fingerprint density at radius 1 is 1.31 bits per heavy atom. The summed E-state index contributed by atoms with van der Waals surface area (Å²) in [7, 11) is 1.60. The summed E-state index contributed by atoms with van der Waals surface area (Å²) in [5.74, 6) is 0.0783. The Labute approximate surface area is 178 Å². The van der Waals surface area contributed by atoms with Gasteiger partial charge in [-0.3, -0.25) is 9.36 Å². The monoisotopic (exact) mass is 434 g/mol. The molecule has 0 radical (unpaired) electrons. The van der Waals surface area contributed by atoms with E-state index in [1.807, 2.05) is 17.5 Å². The van der Waals surface area contributed by atoms with Gasteiger partial charge in [0.1, 0.15) is 16.2 Å². The highest BCUT2D eigenvalue weighted by molar-refractivity contribution is 7.20. The Balaban J connectivity index is 2.36. The van der Waals surface area contributed by atoms with E-state index in [9.17, 15) is 9.59 Å². The maximum absolute atomic E-state index is 13.8. The first-order chi connectivity index (χ1) is 13.9. The molecule has 0 fully saturated rings. The van der Waals surface area contributed by atoms with Gasteiger partial charge in [-0.2, -0.15) is 0 Å². The van der Waals surface area contributed by atoms with Gasteiger partial charge in [-0.25, -0.2) is 9.78 Å². The van der Waals surface area contributed by atoms with Crippen molar-refractivity contribution in [3.63, 3.8) is 0 Å². The lowest BCUT2D eigenvalue weighted by molar-refractivity contribution is -0.152. The molecule has 0 bridgehead atoms. The second-order valence-corrected chi connectivity index (χ2v) is 9.13. The highest BCUT2D eigenvalue weighted by Crippen LogP contribution is 2.39. The predicted molar refractivity (Wildman–Crippen MR) is 118 cm³/mol.